The van der Waals surface area contributed by atoms with Gasteiger partial charge in [0, 0.05) is 16.6 Å². The third-order valence-electron chi connectivity index (χ3n) is 3.76. The van der Waals surface area contributed by atoms with E-state index in [4.69, 9.17) is 4.74 Å². The van der Waals surface area contributed by atoms with E-state index in [9.17, 15) is 14.7 Å². The van der Waals surface area contributed by atoms with Crippen LogP contribution in [0.4, 0.5) is 0 Å². The Morgan fingerprint density at radius 3 is 2.95 bits per heavy atom. The summed E-state index contributed by atoms with van der Waals surface area (Å²) in [6, 6.07) is 4.87. The Morgan fingerprint density at radius 1 is 1.38 bits per heavy atom. The average molecular weight is 352 g/mol. The summed E-state index contributed by atoms with van der Waals surface area (Å²) in [5, 5.41) is 9.17. The van der Waals surface area contributed by atoms with Gasteiger partial charge in [0.1, 0.15) is 18.4 Å². The van der Waals surface area contributed by atoms with Crippen molar-refractivity contribution in [2.75, 3.05) is 13.2 Å². The van der Waals surface area contributed by atoms with Crippen LogP contribution in [-0.2, 0) is 9.59 Å². The number of carboxylic acid groups (broad SMARTS) is 1. The summed E-state index contributed by atoms with van der Waals surface area (Å²) < 4.78 is 6.49. The van der Waals surface area contributed by atoms with E-state index >= 15 is 0 Å². The van der Waals surface area contributed by atoms with Gasteiger partial charge in [0.25, 0.3) is 5.91 Å². The van der Waals surface area contributed by atoms with Crippen LogP contribution >= 0.6 is 15.9 Å². The number of carbonyl (C=O) groups excluding carboxylic acids is 1. The zero-order chi connectivity index (χ0) is 15.0. The molecule has 6 heteroatoms. The van der Waals surface area contributed by atoms with Gasteiger partial charge in [0.2, 0.25) is 0 Å². The number of amides is 1. The highest BCUT2D eigenvalue weighted by atomic mass is 79.9. The fraction of sp³-hybridized carbons (Fsp3) is 0.333. The average Bonchev–Trinajstić information content (AvgIpc) is 2.95. The lowest BCUT2D eigenvalue weighted by atomic mass is 10.1. The van der Waals surface area contributed by atoms with Crippen LogP contribution in [0.15, 0.2) is 28.2 Å². The lowest BCUT2D eigenvalue weighted by Crippen LogP contribution is -2.42. The van der Waals surface area contributed by atoms with E-state index < -0.39 is 12.0 Å². The highest BCUT2D eigenvalue weighted by Crippen LogP contribution is 2.30. The van der Waals surface area contributed by atoms with Crippen molar-refractivity contribution in [1.82, 2.24) is 4.90 Å². The van der Waals surface area contributed by atoms with Gasteiger partial charge < -0.3 is 14.7 Å². The zero-order valence-electron chi connectivity index (χ0n) is 11.2. The number of hydrogen-bond donors (Lipinski definition) is 1. The van der Waals surface area contributed by atoms with Crippen molar-refractivity contribution < 1.29 is 19.4 Å². The molecule has 21 heavy (non-hydrogen) atoms. The van der Waals surface area contributed by atoms with E-state index in [2.05, 4.69) is 15.9 Å². The van der Waals surface area contributed by atoms with Gasteiger partial charge in [-0.1, -0.05) is 15.9 Å². The van der Waals surface area contributed by atoms with E-state index in [1.807, 2.05) is 18.2 Å². The molecule has 1 unspecified atom stereocenters. The molecule has 1 amide bonds. The molecule has 0 spiro atoms. The number of carbonyl (C=O) groups is 2. The predicted molar refractivity (Wildman–Crippen MR) is 80.0 cm³/mol. The van der Waals surface area contributed by atoms with Crippen LogP contribution in [0.25, 0.3) is 6.08 Å². The molecule has 110 valence electrons. The van der Waals surface area contributed by atoms with E-state index in [0.717, 1.165) is 22.2 Å². The molecule has 5 nitrogen and oxygen atoms in total. The quantitative estimate of drug-likeness (QED) is 0.887. The summed E-state index contributed by atoms with van der Waals surface area (Å²) in [6.07, 6.45) is 3.01. The van der Waals surface area contributed by atoms with Crippen molar-refractivity contribution in [1.29, 1.82) is 0 Å². The first-order valence-corrected chi connectivity index (χ1v) is 7.52. The number of nitrogens with zero attached hydrogens (tertiary/aromatic N) is 1. The monoisotopic (exact) mass is 351 g/mol. The van der Waals surface area contributed by atoms with E-state index in [1.165, 1.54) is 4.90 Å². The molecule has 3 rings (SSSR count). The largest absolute Gasteiger partial charge is 0.488 e. The summed E-state index contributed by atoms with van der Waals surface area (Å²) in [4.78, 5) is 25.1. The molecule has 1 fully saturated rings. The third-order valence-corrected chi connectivity index (χ3v) is 4.25. The van der Waals surface area contributed by atoms with Gasteiger partial charge in [-0.25, -0.2) is 4.79 Å². The first-order valence-electron chi connectivity index (χ1n) is 6.73. The number of carboxylic acids is 1. The van der Waals surface area contributed by atoms with Gasteiger partial charge in [0.15, 0.2) is 0 Å². The number of rotatable bonds is 2. The van der Waals surface area contributed by atoms with Crippen molar-refractivity contribution in [3.05, 3.63) is 33.8 Å². The van der Waals surface area contributed by atoms with Crippen LogP contribution in [-0.4, -0.2) is 41.1 Å². The molecule has 2 heterocycles. The fourth-order valence-electron chi connectivity index (χ4n) is 2.72. The minimum absolute atomic E-state index is 0.177. The van der Waals surface area contributed by atoms with E-state index in [1.54, 1.807) is 6.08 Å². The predicted octanol–water partition coefficient (Wildman–Crippen LogP) is 2.30. The van der Waals surface area contributed by atoms with Crippen LogP contribution in [0.5, 0.6) is 5.75 Å². The second-order valence-corrected chi connectivity index (χ2v) is 6.05. The Balaban J connectivity index is 1.87. The minimum atomic E-state index is -0.943. The van der Waals surface area contributed by atoms with Gasteiger partial charge in [0.05, 0.1) is 5.57 Å². The first-order chi connectivity index (χ1) is 10.1. The minimum Gasteiger partial charge on any atom is -0.488 e. The molecule has 1 saturated heterocycles. The standard InChI is InChI=1S/C15H14BrNO4/c16-11-3-4-13-9(7-11)6-10(8-21-13)14(18)17-5-1-2-12(17)15(19)20/h3-4,6-7,12H,1-2,5,8H2,(H,19,20). The lowest BCUT2D eigenvalue weighted by Gasteiger charge is -2.25. The van der Waals surface area contributed by atoms with Gasteiger partial charge >= 0.3 is 5.97 Å². The third kappa shape index (κ3) is 2.68. The number of halogens is 1. The molecular weight excluding hydrogens is 338 g/mol. The molecule has 1 N–H and O–H groups in total. The number of likely N-dealkylation sites (tertiary alicyclic amines) is 1. The van der Waals surface area contributed by atoms with Gasteiger partial charge in [-0.15, -0.1) is 0 Å². The van der Waals surface area contributed by atoms with Crippen molar-refractivity contribution in [2.45, 2.75) is 18.9 Å². The topological polar surface area (TPSA) is 66.8 Å². The molecule has 1 aromatic carbocycles. The van der Waals surface area contributed by atoms with Gasteiger partial charge in [-0.3, -0.25) is 4.79 Å². The van der Waals surface area contributed by atoms with Crippen LogP contribution in [0.1, 0.15) is 18.4 Å². The maximum atomic E-state index is 12.5. The Kier molecular flexibility index (Phi) is 3.71. The SMILES string of the molecule is O=C(O)C1CCCN1C(=O)C1=Cc2cc(Br)ccc2OC1. The van der Waals surface area contributed by atoms with E-state index in [-0.39, 0.29) is 12.5 Å². The molecule has 0 radical (unpaired) electrons. The summed E-state index contributed by atoms with van der Waals surface area (Å²) in [6.45, 7) is 0.661. The Morgan fingerprint density at radius 2 is 2.19 bits per heavy atom. The summed E-state index contributed by atoms with van der Waals surface area (Å²) >= 11 is 3.38. The normalized spacial score (nSPS) is 20.5. The highest BCUT2D eigenvalue weighted by molar-refractivity contribution is 9.10. The molecule has 0 bridgehead atoms. The second kappa shape index (κ2) is 5.52. The Labute approximate surface area is 130 Å². The summed E-state index contributed by atoms with van der Waals surface area (Å²) in [5.74, 6) is -0.460. The van der Waals surface area contributed by atoms with Crippen molar-refractivity contribution in [3.8, 4) is 5.75 Å². The molecule has 0 aromatic heterocycles. The molecule has 1 atom stereocenters. The van der Waals surface area contributed by atoms with Crippen molar-refractivity contribution in [3.63, 3.8) is 0 Å². The van der Waals surface area contributed by atoms with Crippen molar-refractivity contribution in [2.24, 2.45) is 0 Å². The maximum Gasteiger partial charge on any atom is 0.326 e. The van der Waals surface area contributed by atoms with E-state index in [0.29, 0.717) is 18.5 Å². The number of fused-ring (bicyclic) bond motifs is 1. The van der Waals surface area contributed by atoms with Gasteiger partial charge in [-0.2, -0.15) is 0 Å². The molecular formula is C15H14BrNO4. The van der Waals surface area contributed by atoms with Crippen molar-refractivity contribution >= 4 is 33.9 Å². The van der Waals surface area contributed by atoms with Crippen LogP contribution in [0, 0.1) is 0 Å². The summed E-state index contributed by atoms with van der Waals surface area (Å²) in [5.41, 5.74) is 1.32. The molecule has 2 aliphatic rings. The van der Waals surface area contributed by atoms with Crippen LogP contribution in [0.3, 0.4) is 0 Å². The number of ether oxygens (including phenoxy) is 1. The maximum absolute atomic E-state index is 12.5. The zero-order valence-corrected chi connectivity index (χ0v) is 12.8. The molecule has 1 aromatic rings. The van der Waals surface area contributed by atoms with Gasteiger partial charge in [-0.05, 0) is 37.1 Å². The first kappa shape index (κ1) is 14.1. The van der Waals surface area contributed by atoms with Crippen LogP contribution in [0.2, 0.25) is 0 Å². The number of benzene rings is 1. The Hall–Kier alpha value is -1.82. The Bertz CT molecular complexity index is 641. The molecule has 2 aliphatic heterocycles. The fourth-order valence-corrected chi connectivity index (χ4v) is 3.10. The lowest BCUT2D eigenvalue weighted by molar-refractivity contribution is -0.147. The molecule has 0 aliphatic carbocycles. The second-order valence-electron chi connectivity index (χ2n) is 5.14. The highest BCUT2D eigenvalue weighted by Gasteiger charge is 2.35. The number of aliphatic carboxylic acids is 1. The van der Waals surface area contributed by atoms with Crippen LogP contribution < -0.4 is 4.74 Å². The smallest absolute Gasteiger partial charge is 0.326 e. The number of hydrogen-bond acceptors (Lipinski definition) is 3. The molecule has 0 saturated carbocycles. The summed E-state index contributed by atoms with van der Waals surface area (Å²) in [7, 11) is 0.